The SMILES string of the molecule is COc1cccc(CN(C)CC2CCCC(C)(C)C2O)c1. The van der Waals surface area contributed by atoms with E-state index in [1.54, 1.807) is 7.11 Å². The standard InChI is InChI=1S/C18H29NO2/c1-18(2)10-6-8-15(17(18)20)13-19(3)12-14-7-5-9-16(11-14)21-4/h5,7,9,11,15,17,20H,6,8,10,12-13H2,1-4H3. The predicted octanol–water partition coefficient (Wildman–Crippen LogP) is 3.31. The van der Waals surface area contributed by atoms with E-state index in [4.69, 9.17) is 4.74 Å². The quantitative estimate of drug-likeness (QED) is 0.903. The lowest BCUT2D eigenvalue weighted by atomic mass is 9.69. The van der Waals surface area contributed by atoms with Crippen LogP contribution in [0.25, 0.3) is 0 Å². The summed E-state index contributed by atoms with van der Waals surface area (Å²) in [4.78, 5) is 2.31. The Morgan fingerprint density at radius 1 is 1.38 bits per heavy atom. The zero-order valence-corrected chi connectivity index (χ0v) is 13.8. The Morgan fingerprint density at radius 3 is 2.86 bits per heavy atom. The van der Waals surface area contributed by atoms with Crippen LogP contribution in [0.4, 0.5) is 0 Å². The molecular formula is C18H29NO2. The van der Waals surface area contributed by atoms with Crippen LogP contribution in [0.5, 0.6) is 5.75 Å². The Kier molecular flexibility index (Phi) is 5.28. The number of nitrogens with zero attached hydrogens (tertiary/aromatic N) is 1. The summed E-state index contributed by atoms with van der Waals surface area (Å²) in [7, 11) is 3.83. The number of rotatable bonds is 5. The van der Waals surface area contributed by atoms with Crippen LogP contribution in [0.3, 0.4) is 0 Å². The van der Waals surface area contributed by atoms with Gasteiger partial charge in [-0.25, -0.2) is 0 Å². The van der Waals surface area contributed by atoms with Crippen molar-refractivity contribution in [2.45, 2.75) is 45.8 Å². The normalized spacial score (nSPS) is 25.0. The largest absolute Gasteiger partial charge is 0.497 e. The molecule has 1 saturated carbocycles. The van der Waals surface area contributed by atoms with Gasteiger partial charge < -0.3 is 14.7 Å². The molecule has 0 amide bonds. The summed E-state index contributed by atoms with van der Waals surface area (Å²) in [5.41, 5.74) is 1.31. The van der Waals surface area contributed by atoms with Crippen LogP contribution in [0.2, 0.25) is 0 Å². The fourth-order valence-corrected chi connectivity index (χ4v) is 3.50. The zero-order valence-electron chi connectivity index (χ0n) is 13.8. The van der Waals surface area contributed by atoms with Crippen molar-refractivity contribution in [2.75, 3.05) is 20.7 Å². The molecular weight excluding hydrogens is 262 g/mol. The van der Waals surface area contributed by atoms with Crippen molar-refractivity contribution in [3.05, 3.63) is 29.8 Å². The highest BCUT2D eigenvalue weighted by molar-refractivity contribution is 5.28. The Morgan fingerprint density at radius 2 is 2.14 bits per heavy atom. The number of aliphatic hydroxyl groups is 1. The highest BCUT2D eigenvalue weighted by Crippen LogP contribution is 2.39. The van der Waals surface area contributed by atoms with E-state index in [1.807, 2.05) is 12.1 Å². The molecule has 1 aromatic rings. The molecule has 0 aromatic heterocycles. The summed E-state index contributed by atoms with van der Waals surface area (Å²) in [6.07, 6.45) is 3.29. The fourth-order valence-electron chi connectivity index (χ4n) is 3.50. The van der Waals surface area contributed by atoms with Gasteiger partial charge in [-0.2, -0.15) is 0 Å². The molecule has 1 N–H and O–H groups in total. The third kappa shape index (κ3) is 4.21. The first-order chi connectivity index (χ1) is 9.92. The number of benzene rings is 1. The third-order valence-corrected chi connectivity index (χ3v) is 4.78. The topological polar surface area (TPSA) is 32.7 Å². The van der Waals surface area contributed by atoms with Crippen molar-refractivity contribution in [1.82, 2.24) is 4.90 Å². The van der Waals surface area contributed by atoms with E-state index in [0.29, 0.717) is 5.92 Å². The molecule has 0 radical (unpaired) electrons. The number of hydrogen-bond acceptors (Lipinski definition) is 3. The van der Waals surface area contributed by atoms with Gasteiger partial charge in [0.1, 0.15) is 5.75 Å². The second kappa shape index (κ2) is 6.80. The van der Waals surface area contributed by atoms with Gasteiger partial charge in [-0.1, -0.05) is 32.4 Å². The lowest BCUT2D eigenvalue weighted by Gasteiger charge is -2.42. The average Bonchev–Trinajstić information content (AvgIpc) is 2.44. The second-order valence-corrected chi connectivity index (χ2v) is 7.13. The molecule has 3 heteroatoms. The molecule has 118 valence electrons. The van der Waals surface area contributed by atoms with E-state index in [-0.39, 0.29) is 11.5 Å². The number of methoxy groups -OCH3 is 1. The molecule has 1 fully saturated rings. The van der Waals surface area contributed by atoms with Crippen molar-refractivity contribution < 1.29 is 9.84 Å². The van der Waals surface area contributed by atoms with Crippen LogP contribution >= 0.6 is 0 Å². The molecule has 1 aromatic carbocycles. The van der Waals surface area contributed by atoms with Gasteiger partial charge in [-0.05, 0) is 48.9 Å². The first kappa shape index (κ1) is 16.3. The second-order valence-electron chi connectivity index (χ2n) is 7.13. The van der Waals surface area contributed by atoms with E-state index in [9.17, 15) is 5.11 Å². The number of ether oxygens (including phenoxy) is 1. The van der Waals surface area contributed by atoms with Crippen LogP contribution in [-0.4, -0.2) is 36.8 Å². The summed E-state index contributed by atoms with van der Waals surface area (Å²) in [6.45, 7) is 6.21. The molecule has 0 saturated heterocycles. The first-order valence-corrected chi connectivity index (χ1v) is 7.92. The van der Waals surface area contributed by atoms with Crippen LogP contribution in [0, 0.1) is 11.3 Å². The van der Waals surface area contributed by atoms with Crippen LogP contribution in [-0.2, 0) is 6.54 Å². The molecule has 21 heavy (non-hydrogen) atoms. The summed E-state index contributed by atoms with van der Waals surface area (Å²) >= 11 is 0. The van der Waals surface area contributed by atoms with Crippen LogP contribution in [0.15, 0.2) is 24.3 Å². The van der Waals surface area contributed by atoms with Crippen molar-refractivity contribution in [2.24, 2.45) is 11.3 Å². The molecule has 2 rings (SSSR count). The number of hydrogen-bond donors (Lipinski definition) is 1. The van der Waals surface area contributed by atoms with Crippen molar-refractivity contribution in [3.63, 3.8) is 0 Å². The van der Waals surface area contributed by atoms with Crippen LogP contribution < -0.4 is 4.74 Å². The Hall–Kier alpha value is -1.06. The van der Waals surface area contributed by atoms with Gasteiger partial charge in [0.25, 0.3) is 0 Å². The number of aliphatic hydroxyl groups excluding tert-OH is 1. The molecule has 1 aliphatic carbocycles. The maximum Gasteiger partial charge on any atom is 0.119 e. The van der Waals surface area contributed by atoms with E-state index in [0.717, 1.165) is 31.7 Å². The van der Waals surface area contributed by atoms with Gasteiger partial charge in [0.15, 0.2) is 0 Å². The van der Waals surface area contributed by atoms with Crippen molar-refractivity contribution >= 4 is 0 Å². The van der Waals surface area contributed by atoms with Crippen molar-refractivity contribution in [1.29, 1.82) is 0 Å². The van der Waals surface area contributed by atoms with E-state index in [2.05, 4.69) is 37.9 Å². The first-order valence-electron chi connectivity index (χ1n) is 7.92. The monoisotopic (exact) mass is 291 g/mol. The zero-order chi connectivity index (χ0) is 15.5. The molecule has 0 bridgehead atoms. The highest BCUT2D eigenvalue weighted by Gasteiger charge is 2.37. The highest BCUT2D eigenvalue weighted by atomic mass is 16.5. The molecule has 2 unspecified atom stereocenters. The van der Waals surface area contributed by atoms with Gasteiger partial charge in [0.2, 0.25) is 0 Å². The smallest absolute Gasteiger partial charge is 0.119 e. The fraction of sp³-hybridized carbons (Fsp3) is 0.667. The van der Waals surface area contributed by atoms with E-state index in [1.165, 1.54) is 12.0 Å². The Bertz CT molecular complexity index is 458. The average molecular weight is 291 g/mol. The van der Waals surface area contributed by atoms with Gasteiger partial charge in [-0.15, -0.1) is 0 Å². The van der Waals surface area contributed by atoms with Gasteiger partial charge in [0, 0.05) is 13.1 Å². The molecule has 0 spiro atoms. The molecule has 1 aliphatic rings. The van der Waals surface area contributed by atoms with E-state index >= 15 is 0 Å². The van der Waals surface area contributed by atoms with Gasteiger partial charge in [-0.3, -0.25) is 0 Å². The van der Waals surface area contributed by atoms with E-state index < -0.39 is 0 Å². The van der Waals surface area contributed by atoms with Gasteiger partial charge in [0.05, 0.1) is 13.2 Å². The summed E-state index contributed by atoms with van der Waals surface area (Å²) < 4.78 is 5.27. The maximum absolute atomic E-state index is 10.5. The van der Waals surface area contributed by atoms with Crippen LogP contribution in [0.1, 0.15) is 38.7 Å². The minimum atomic E-state index is -0.195. The summed E-state index contributed by atoms with van der Waals surface area (Å²) in [6, 6.07) is 8.20. The lowest BCUT2D eigenvalue weighted by Crippen LogP contribution is -2.44. The van der Waals surface area contributed by atoms with Gasteiger partial charge >= 0.3 is 0 Å². The summed E-state index contributed by atoms with van der Waals surface area (Å²) in [5.74, 6) is 1.28. The minimum Gasteiger partial charge on any atom is -0.497 e. The lowest BCUT2D eigenvalue weighted by molar-refractivity contribution is -0.0414. The Labute approximate surface area is 128 Å². The third-order valence-electron chi connectivity index (χ3n) is 4.78. The minimum absolute atomic E-state index is 0.0553. The molecule has 3 nitrogen and oxygen atoms in total. The summed E-state index contributed by atoms with van der Waals surface area (Å²) in [5, 5.41) is 10.5. The predicted molar refractivity (Wildman–Crippen MR) is 86.5 cm³/mol. The maximum atomic E-state index is 10.5. The van der Waals surface area contributed by atoms with Crippen molar-refractivity contribution in [3.8, 4) is 5.75 Å². The Balaban J connectivity index is 1.93. The molecule has 2 atom stereocenters. The molecule has 0 heterocycles. The molecule has 0 aliphatic heterocycles.